The summed E-state index contributed by atoms with van der Waals surface area (Å²) in [6.07, 6.45) is 0. The first-order valence-corrected chi connectivity index (χ1v) is 5.57. The first-order chi connectivity index (χ1) is 8.61. The molecule has 1 aromatic rings. The van der Waals surface area contributed by atoms with Gasteiger partial charge < -0.3 is 15.1 Å². The number of tetrazole rings is 1. The number of H-pyrrole nitrogens is 1. The Labute approximate surface area is 104 Å². The molecule has 9 nitrogen and oxygen atoms in total. The molecule has 2 rings (SSSR count). The highest BCUT2D eigenvalue weighted by Gasteiger charge is 2.34. The molecule has 1 unspecified atom stereocenters. The van der Waals surface area contributed by atoms with Crippen LogP contribution in [0.4, 0.5) is 0 Å². The van der Waals surface area contributed by atoms with E-state index in [4.69, 9.17) is 0 Å². The largest absolute Gasteiger partial charge is 0.347 e. The lowest BCUT2D eigenvalue weighted by Gasteiger charge is -2.35. The SMILES string of the molecule is CN(C)C(=O)C1CNCCN1C(=O)c1nn[nH]n1. The van der Waals surface area contributed by atoms with E-state index in [9.17, 15) is 9.59 Å². The fourth-order valence-corrected chi connectivity index (χ4v) is 1.85. The molecule has 1 saturated heterocycles. The molecule has 2 heterocycles. The standard InChI is InChI=1S/C9H15N7O2/c1-15(2)8(17)6-5-10-3-4-16(6)9(18)7-11-13-14-12-7/h6,10H,3-5H2,1-2H3,(H,11,12,13,14). The van der Waals surface area contributed by atoms with E-state index in [0.717, 1.165) is 0 Å². The lowest BCUT2D eigenvalue weighted by molar-refractivity contribution is -0.134. The summed E-state index contributed by atoms with van der Waals surface area (Å²) < 4.78 is 0. The van der Waals surface area contributed by atoms with Crippen LogP contribution in [0.25, 0.3) is 0 Å². The lowest BCUT2D eigenvalue weighted by atomic mass is 10.1. The van der Waals surface area contributed by atoms with Crippen LogP contribution < -0.4 is 5.32 Å². The van der Waals surface area contributed by atoms with Crippen LogP contribution in [-0.2, 0) is 4.79 Å². The van der Waals surface area contributed by atoms with Gasteiger partial charge in [0.2, 0.25) is 5.91 Å². The van der Waals surface area contributed by atoms with E-state index < -0.39 is 6.04 Å². The van der Waals surface area contributed by atoms with Crippen molar-refractivity contribution in [2.24, 2.45) is 0 Å². The molecule has 1 atom stereocenters. The zero-order valence-corrected chi connectivity index (χ0v) is 10.3. The van der Waals surface area contributed by atoms with Crippen molar-refractivity contribution in [3.8, 4) is 0 Å². The molecule has 0 spiro atoms. The summed E-state index contributed by atoms with van der Waals surface area (Å²) in [5.41, 5.74) is 0. The van der Waals surface area contributed by atoms with Gasteiger partial charge in [-0.05, 0) is 5.21 Å². The van der Waals surface area contributed by atoms with E-state index in [0.29, 0.717) is 19.6 Å². The smallest absolute Gasteiger partial charge is 0.296 e. The first-order valence-electron chi connectivity index (χ1n) is 5.57. The predicted molar refractivity (Wildman–Crippen MR) is 60.6 cm³/mol. The van der Waals surface area contributed by atoms with Gasteiger partial charge in [-0.25, -0.2) is 0 Å². The van der Waals surface area contributed by atoms with E-state index in [-0.39, 0.29) is 17.6 Å². The molecule has 0 radical (unpaired) electrons. The van der Waals surface area contributed by atoms with Gasteiger partial charge in [-0.2, -0.15) is 5.21 Å². The van der Waals surface area contributed by atoms with Crippen LogP contribution in [0, 0.1) is 0 Å². The van der Waals surface area contributed by atoms with Gasteiger partial charge in [0.05, 0.1) is 0 Å². The van der Waals surface area contributed by atoms with Gasteiger partial charge >= 0.3 is 0 Å². The van der Waals surface area contributed by atoms with E-state index >= 15 is 0 Å². The second kappa shape index (κ2) is 5.08. The van der Waals surface area contributed by atoms with E-state index in [1.807, 2.05) is 0 Å². The number of nitrogens with one attached hydrogen (secondary N) is 2. The Morgan fingerprint density at radius 3 is 2.83 bits per heavy atom. The third kappa shape index (κ3) is 2.30. The molecule has 2 N–H and O–H groups in total. The molecule has 1 aliphatic rings. The van der Waals surface area contributed by atoms with Gasteiger partial charge in [0, 0.05) is 33.7 Å². The van der Waals surface area contributed by atoms with Crippen molar-refractivity contribution in [2.45, 2.75) is 6.04 Å². The van der Waals surface area contributed by atoms with Crippen LogP contribution in [0.15, 0.2) is 0 Å². The van der Waals surface area contributed by atoms with Crippen LogP contribution in [0.5, 0.6) is 0 Å². The molecule has 0 aliphatic carbocycles. The van der Waals surface area contributed by atoms with Crippen molar-refractivity contribution in [3.05, 3.63) is 5.82 Å². The third-order valence-electron chi connectivity index (χ3n) is 2.77. The van der Waals surface area contributed by atoms with Crippen molar-refractivity contribution in [3.63, 3.8) is 0 Å². The molecular weight excluding hydrogens is 238 g/mol. The molecule has 18 heavy (non-hydrogen) atoms. The van der Waals surface area contributed by atoms with Gasteiger partial charge in [0.15, 0.2) is 0 Å². The normalized spacial score (nSPS) is 19.7. The summed E-state index contributed by atoms with van der Waals surface area (Å²) in [6, 6.07) is -0.528. The van der Waals surface area contributed by atoms with Crippen LogP contribution in [0.3, 0.4) is 0 Å². The van der Waals surface area contributed by atoms with Crippen LogP contribution in [0.2, 0.25) is 0 Å². The van der Waals surface area contributed by atoms with Gasteiger partial charge in [-0.15, -0.1) is 10.2 Å². The van der Waals surface area contributed by atoms with Crippen molar-refractivity contribution >= 4 is 11.8 Å². The third-order valence-corrected chi connectivity index (χ3v) is 2.77. The number of aromatic amines is 1. The van der Waals surface area contributed by atoms with Crippen LogP contribution in [-0.4, -0.2) is 82.0 Å². The number of carbonyl (C=O) groups is 2. The Balaban J connectivity index is 2.18. The molecule has 0 saturated carbocycles. The average Bonchev–Trinajstić information content (AvgIpc) is 2.90. The molecule has 0 bridgehead atoms. The molecule has 98 valence electrons. The Morgan fingerprint density at radius 2 is 2.22 bits per heavy atom. The molecule has 1 aliphatic heterocycles. The van der Waals surface area contributed by atoms with Gasteiger partial charge in [-0.3, -0.25) is 9.59 Å². The monoisotopic (exact) mass is 253 g/mol. The number of nitrogens with zero attached hydrogens (tertiary/aromatic N) is 5. The Kier molecular flexibility index (Phi) is 3.51. The van der Waals surface area contributed by atoms with Crippen molar-refractivity contribution < 1.29 is 9.59 Å². The van der Waals surface area contributed by atoms with Gasteiger partial charge in [0.25, 0.3) is 11.7 Å². The molecule has 1 aromatic heterocycles. The molecule has 2 amide bonds. The summed E-state index contributed by atoms with van der Waals surface area (Å²) in [5, 5.41) is 16.0. The quantitative estimate of drug-likeness (QED) is 0.614. The maximum absolute atomic E-state index is 12.1. The van der Waals surface area contributed by atoms with Crippen molar-refractivity contribution in [1.82, 2.24) is 35.7 Å². The highest BCUT2D eigenvalue weighted by Crippen LogP contribution is 2.09. The van der Waals surface area contributed by atoms with Crippen molar-refractivity contribution in [2.75, 3.05) is 33.7 Å². The van der Waals surface area contributed by atoms with E-state index in [1.54, 1.807) is 14.1 Å². The maximum atomic E-state index is 12.1. The molecule has 1 fully saturated rings. The molecular formula is C9H15N7O2. The minimum absolute atomic E-state index is 0.0199. The Morgan fingerprint density at radius 1 is 1.44 bits per heavy atom. The van der Waals surface area contributed by atoms with Gasteiger partial charge in [-0.1, -0.05) is 0 Å². The lowest BCUT2D eigenvalue weighted by Crippen LogP contribution is -2.59. The highest BCUT2D eigenvalue weighted by atomic mass is 16.2. The number of aromatic nitrogens is 4. The number of likely N-dealkylation sites (N-methyl/N-ethyl adjacent to an activating group) is 1. The minimum atomic E-state index is -0.528. The number of hydrogen-bond donors (Lipinski definition) is 2. The summed E-state index contributed by atoms with van der Waals surface area (Å²) in [7, 11) is 3.32. The number of amides is 2. The summed E-state index contributed by atoms with van der Waals surface area (Å²) in [5.74, 6) is -0.530. The minimum Gasteiger partial charge on any atom is -0.347 e. The topological polar surface area (TPSA) is 107 Å². The fraction of sp³-hybridized carbons (Fsp3) is 0.667. The number of carbonyl (C=O) groups excluding carboxylic acids is 2. The first kappa shape index (κ1) is 12.4. The van der Waals surface area contributed by atoms with Gasteiger partial charge in [0.1, 0.15) is 6.04 Å². The van der Waals surface area contributed by atoms with Crippen molar-refractivity contribution in [1.29, 1.82) is 0 Å². The average molecular weight is 253 g/mol. The number of hydrogen-bond acceptors (Lipinski definition) is 6. The summed E-state index contributed by atoms with van der Waals surface area (Å²) >= 11 is 0. The Bertz CT molecular complexity index is 430. The van der Waals surface area contributed by atoms with E-state index in [2.05, 4.69) is 25.9 Å². The number of piperazine rings is 1. The Hall–Kier alpha value is -2.03. The second-order valence-electron chi connectivity index (χ2n) is 4.19. The summed E-state index contributed by atoms with van der Waals surface area (Å²) in [6.45, 7) is 1.51. The zero-order valence-electron chi connectivity index (χ0n) is 10.3. The predicted octanol–water partition coefficient (Wildman–Crippen LogP) is -2.30. The maximum Gasteiger partial charge on any atom is 0.296 e. The molecule has 0 aromatic carbocycles. The van der Waals surface area contributed by atoms with Crippen LogP contribution >= 0.6 is 0 Å². The fourth-order valence-electron chi connectivity index (χ4n) is 1.85. The zero-order chi connectivity index (χ0) is 13.1. The molecule has 9 heteroatoms. The number of rotatable bonds is 2. The van der Waals surface area contributed by atoms with Crippen LogP contribution in [0.1, 0.15) is 10.6 Å². The van der Waals surface area contributed by atoms with E-state index in [1.165, 1.54) is 9.80 Å². The summed E-state index contributed by atoms with van der Waals surface area (Å²) in [4.78, 5) is 27.1. The second-order valence-corrected chi connectivity index (χ2v) is 4.19. The highest BCUT2D eigenvalue weighted by molar-refractivity contribution is 5.94.